The minimum absolute atomic E-state index is 0.0996. The molecule has 1 fully saturated rings. The topological polar surface area (TPSA) is 106 Å². The Balaban J connectivity index is 1.28. The van der Waals surface area contributed by atoms with Gasteiger partial charge in [-0.25, -0.2) is 0 Å². The van der Waals surface area contributed by atoms with Gasteiger partial charge in [-0.3, -0.25) is 14.4 Å². The number of hydrogen-bond donors (Lipinski definition) is 4. The van der Waals surface area contributed by atoms with E-state index in [-0.39, 0.29) is 17.7 Å². The molecule has 8 heteroatoms. The van der Waals surface area contributed by atoms with Crippen molar-refractivity contribution in [3.05, 3.63) is 82.2 Å². The molecule has 196 valence electrons. The first-order chi connectivity index (χ1) is 18.4. The third kappa shape index (κ3) is 5.40. The van der Waals surface area contributed by atoms with Crippen LogP contribution in [0.5, 0.6) is 0 Å². The second kappa shape index (κ2) is 11.1. The number of rotatable bonds is 8. The zero-order valence-corrected chi connectivity index (χ0v) is 21.8. The molecular weight excluding hydrogens is 478 g/mol. The number of aromatic amines is 1. The molecule has 1 aromatic heterocycles. The Kier molecular flexibility index (Phi) is 7.42. The molecule has 38 heavy (non-hydrogen) atoms. The molecule has 0 unspecified atom stereocenters. The Labute approximate surface area is 222 Å². The summed E-state index contributed by atoms with van der Waals surface area (Å²) < 4.78 is 0. The first-order valence-electron chi connectivity index (χ1n) is 13.1. The smallest absolute Gasteiger partial charge is 0.256 e. The average molecular weight is 512 g/mol. The van der Waals surface area contributed by atoms with Crippen LogP contribution < -0.4 is 16.0 Å². The van der Waals surface area contributed by atoms with Crippen molar-refractivity contribution in [3.8, 4) is 0 Å². The molecule has 2 aromatic carbocycles. The van der Waals surface area contributed by atoms with Crippen LogP contribution in [-0.4, -0.2) is 53.8 Å². The highest BCUT2D eigenvalue weighted by Crippen LogP contribution is 2.36. The maximum absolute atomic E-state index is 12.9. The fraction of sp³-hybridized carbons (Fsp3) is 0.300. The van der Waals surface area contributed by atoms with Gasteiger partial charge in [0.1, 0.15) is 0 Å². The number of hydrogen-bond acceptors (Lipinski definition) is 4. The van der Waals surface area contributed by atoms with Crippen LogP contribution in [0.15, 0.2) is 48.5 Å². The summed E-state index contributed by atoms with van der Waals surface area (Å²) in [4.78, 5) is 44.0. The van der Waals surface area contributed by atoms with Crippen LogP contribution in [0.2, 0.25) is 0 Å². The van der Waals surface area contributed by atoms with Crippen molar-refractivity contribution in [3.63, 3.8) is 0 Å². The van der Waals surface area contributed by atoms with E-state index in [2.05, 4.69) is 25.8 Å². The lowest BCUT2D eigenvalue weighted by atomic mass is 10.0. The van der Waals surface area contributed by atoms with E-state index in [0.29, 0.717) is 34.6 Å². The molecule has 3 amide bonds. The van der Waals surface area contributed by atoms with Crippen molar-refractivity contribution < 1.29 is 14.4 Å². The van der Waals surface area contributed by atoms with Crippen LogP contribution in [0.25, 0.3) is 11.6 Å². The number of nitrogens with zero attached hydrogens (tertiary/aromatic N) is 1. The maximum atomic E-state index is 12.9. The Morgan fingerprint density at radius 1 is 1.03 bits per heavy atom. The predicted molar refractivity (Wildman–Crippen MR) is 150 cm³/mol. The van der Waals surface area contributed by atoms with Crippen molar-refractivity contribution >= 4 is 40.7 Å². The highest BCUT2D eigenvalue weighted by Gasteiger charge is 2.26. The molecule has 5 rings (SSSR count). The van der Waals surface area contributed by atoms with Crippen LogP contribution in [-0.2, 0) is 4.79 Å². The highest BCUT2D eigenvalue weighted by atomic mass is 16.2. The van der Waals surface area contributed by atoms with Crippen LogP contribution in [0.4, 0.5) is 11.4 Å². The minimum atomic E-state index is -0.230. The molecular formula is C30H33N5O3. The molecule has 0 bridgehead atoms. The summed E-state index contributed by atoms with van der Waals surface area (Å²) in [6.45, 7) is 7.72. The number of nitrogens with one attached hydrogen (secondary N) is 4. The number of likely N-dealkylation sites (tertiary alicyclic amines) is 1. The van der Waals surface area contributed by atoms with E-state index < -0.39 is 0 Å². The predicted octanol–water partition coefficient (Wildman–Crippen LogP) is 4.59. The number of H-pyrrole nitrogens is 1. The van der Waals surface area contributed by atoms with Gasteiger partial charge in [0, 0.05) is 34.7 Å². The van der Waals surface area contributed by atoms with Gasteiger partial charge < -0.3 is 25.8 Å². The van der Waals surface area contributed by atoms with Gasteiger partial charge in [0.05, 0.1) is 16.8 Å². The summed E-state index contributed by atoms with van der Waals surface area (Å²) in [7, 11) is 0. The zero-order valence-electron chi connectivity index (χ0n) is 21.8. The first kappa shape index (κ1) is 25.5. The van der Waals surface area contributed by atoms with E-state index in [1.54, 1.807) is 30.3 Å². The summed E-state index contributed by atoms with van der Waals surface area (Å²) in [6.07, 6.45) is 5.24. The van der Waals surface area contributed by atoms with Crippen LogP contribution in [0, 0.1) is 13.8 Å². The molecule has 0 radical (unpaired) electrons. The number of anilines is 2. The van der Waals surface area contributed by atoms with Crippen LogP contribution in [0.3, 0.4) is 0 Å². The molecule has 2 aliphatic heterocycles. The molecule has 0 atom stereocenters. The Morgan fingerprint density at radius 2 is 1.79 bits per heavy atom. The van der Waals surface area contributed by atoms with Gasteiger partial charge in [0.2, 0.25) is 0 Å². The number of aryl methyl sites for hydroxylation is 1. The number of amides is 3. The van der Waals surface area contributed by atoms with Gasteiger partial charge in [-0.05, 0) is 88.6 Å². The molecule has 4 N–H and O–H groups in total. The molecule has 1 saturated heterocycles. The van der Waals surface area contributed by atoms with Crippen molar-refractivity contribution in [1.82, 2.24) is 15.2 Å². The maximum Gasteiger partial charge on any atom is 0.256 e. The van der Waals surface area contributed by atoms with Gasteiger partial charge in [-0.2, -0.15) is 0 Å². The number of benzene rings is 2. The lowest BCUT2D eigenvalue weighted by Crippen LogP contribution is -2.29. The summed E-state index contributed by atoms with van der Waals surface area (Å²) >= 11 is 0. The van der Waals surface area contributed by atoms with Crippen LogP contribution in [0.1, 0.15) is 62.5 Å². The Morgan fingerprint density at radius 3 is 2.55 bits per heavy atom. The molecule has 0 spiro atoms. The molecule has 8 nitrogen and oxygen atoms in total. The van der Waals surface area contributed by atoms with Crippen molar-refractivity contribution in [2.75, 3.05) is 36.8 Å². The Hall–Kier alpha value is -4.17. The van der Waals surface area contributed by atoms with E-state index in [1.807, 2.05) is 38.1 Å². The minimum Gasteiger partial charge on any atom is -0.358 e. The summed E-state index contributed by atoms with van der Waals surface area (Å²) in [5.41, 5.74) is 5.94. The molecule has 2 aliphatic rings. The summed E-state index contributed by atoms with van der Waals surface area (Å²) in [5, 5.41) is 8.81. The van der Waals surface area contributed by atoms with Gasteiger partial charge in [0.25, 0.3) is 17.7 Å². The number of carbonyl (C=O) groups is 3. The fourth-order valence-electron chi connectivity index (χ4n) is 5.21. The molecule has 3 heterocycles. The number of fused-ring (bicyclic) bond motifs is 1. The van der Waals surface area contributed by atoms with Gasteiger partial charge in [0.15, 0.2) is 0 Å². The lowest BCUT2D eigenvalue weighted by molar-refractivity contribution is -0.110. The van der Waals surface area contributed by atoms with E-state index in [4.69, 9.17) is 0 Å². The van der Waals surface area contributed by atoms with Crippen LogP contribution >= 0.6 is 0 Å². The van der Waals surface area contributed by atoms with E-state index in [9.17, 15) is 14.4 Å². The van der Waals surface area contributed by atoms with E-state index in [1.165, 1.54) is 12.8 Å². The number of aromatic nitrogens is 1. The van der Waals surface area contributed by atoms with E-state index >= 15 is 0 Å². The van der Waals surface area contributed by atoms with Gasteiger partial charge in [-0.15, -0.1) is 0 Å². The monoisotopic (exact) mass is 511 g/mol. The highest BCUT2D eigenvalue weighted by molar-refractivity contribution is 6.35. The summed E-state index contributed by atoms with van der Waals surface area (Å²) in [6, 6.07) is 14.3. The van der Waals surface area contributed by atoms with E-state index in [0.717, 1.165) is 48.6 Å². The number of carbonyl (C=O) groups excluding carboxylic acids is 3. The standard InChI is InChI=1S/C30H33N5O3/c1-19-25(32-20(2)27(19)30(38)31-13-8-16-35-14-6-7-15-35)18-24-23-12-11-22(17-26(23)34-29(24)37)33-28(36)21-9-4-3-5-10-21/h3-5,9-12,17-18,32H,6-8,13-16H2,1-2H3,(H,31,38)(H,33,36)(H,34,37). The second-order valence-corrected chi connectivity index (χ2v) is 9.91. The van der Waals surface area contributed by atoms with Gasteiger partial charge in [-0.1, -0.05) is 24.3 Å². The molecule has 0 aliphatic carbocycles. The third-order valence-electron chi connectivity index (χ3n) is 7.22. The van der Waals surface area contributed by atoms with Gasteiger partial charge >= 0.3 is 0 Å². The fourth-order valence-corrected chi connectivity index (χ4v) is 5.21. The molecule has 0 saturated carbocycles. The third-order valence-corrected chi connectivity index (χ3v) is 7.22. The largest absolute Gasteiger partial charge is 0.358 e. The SMILES string of the molecule is Cc1[nH]c(C=C2C(=O)Nc3cc(NC(=O)c4ccccc4)ccc32)c(C)c1C(=O)NCCCN1CCCC1. The Bertz CT molecular complexity index is 1400. The molecule has 3 aromatic rings. The zero-order chi connectivity index (χ0) is 26.6. The first-order valence-corrected chi connectivity index (χ1v) is 13.1. The normalized spacial score (nSPS) is 15.9. The average Bonchev–Trinajstić information content (AvgIpc) is 3.61. The second-order valence-electron chi connectivity index (χ2n) is 9.91. The quantitative estimate of drug-likeness (QED) is 0.262. The summed E-state index contributed by atoms with van der Waals surface area (Å²) in [5.74, 6) is -0.548. The van der Waals surface area contributed by atoms with Crippen molar-refractivity contribution in [1.29, 1.82) is 0 Å². The van der Waals surface area contributed by atoms with Crippen molar-refractivity contribution in [2.45, 2.75) is 33.1 Å². The lowest BCUT2D eigenvalue weighted by Gasteiger charge is -2.14. The van der Waals surface area contributed by atoms with Crippen molar-refractivity contribution in [2.24, 2.45) is 0 Å².